The lowest BCUT2D eigenvalue weighted by Crippen LogP contribution is -2.43. The molecule has 1 aliphatic heterocycles. The minimum absolute atomic E-state index is 1.08. The van der Waals surface area contributed by atoms with Crippen LogP contribution in [-0.4, -0.2) is 26.2 Å². The molecule has 0 aromatic heterocycles. The minimum Gasteiger partial charge on any atom is -0.369 e. The summed E-state index contributed by atoms with van der Waals surface area (Å²) in [4.78, 5) is 2.44. The highest BCUT2D eigenvalue weighted by atomic mass is 79.9. The van der Waals surface area contributed by atoms with Crippen LogP contribution in [0.15, 0.2) is 40.9 Å². The number of nitrogens with zero attached hydrogens (tertiary/aromatic N) is 1. The summed E-state index contributed by atoms with van der Waals surface area (Å²) in [5.41, 5.74) is 1.32. The van der Waals surface area contributed by atoms with Crippen LogP contribution in [0.2, 0.25) is 0 Å². The first-order valence-electron chi connectivity index (χ1n) is 5.98. The Labute approximate surface area is 110 Å². The zero-order valence-electron chi connectivity index (χ0n) is 9.62. The number of hydrogen-bond donors (Lipinski definition) is 1. The second-order valence-corrected chi connectivity index (χ2v) is 5.24. The molecule has 0 atom stereocenters. The molecule has 1 N–H and O–H groups in total. The van der Waals surface area contributed by atoms with E-state index in [1.807, 2.05) is 0 Å². The molecule has 88 valence electrons. The lowest BCUT2D eigenvalue weighted by molar-refractivity contribution is 0.589. The van der Waals surface area contributed by atoms with Crippen LogP contribution in [-0.2, 0) is 0 Å². The number of halogens is 1. The van der Waals surface area contributed by atoms with Crippen molar-refractivity contribution in [2.45, 2.75) is 0 Å². The third-order valence-electron chi connectivity index (χ3n) is 3.29. The van der Waals surface area contributed by atoms with Crippen LogP contribution in [0.3, 0.4) is 0 Å². The number of piperazine rings is 1. The van der Waals surface area contributed by atoms with E-state index in [2.05, 4.69) is 62.5 Å². The molecule has 2 aromatic carbocycles. The van der Waals surface area contributed by atoms with Crippen LogP contribution in [0.5, 0.6) is 0 Å². The second kappa shape index (κ2) is 4.67. The van der Waals surface area contributed by atoms with Gasteiger partial charge < -0.3 is 10.2 Å². The molecule has 0 bridgehead atoms. The van der Waals surface area contributed by atoms with Gasteiger partial charge in [-0.05, 0) is 29.0 Å². The Morgan fingerprint density at radius 3 is 2.71 bits per heavy atom. The van der Waals surface area contributed by atoms with Crippen molar-refractivity contribution in [3.63, 3.8) is 0 Å². The second-order valence-electron chi connectivity index (χ2n) is 4.38. The van der Waals surface area contributed by atoms with Crippen molar-refractivity contribution >= 4 is 32.4 Å². The molecule has 1 saturated heterocycles. The fourth-order valence-electron chi connectivity index (χ4n) is 2.34. The SMILES string of the molecule is Brc1cccc2ccc(N3CCNCC3)cc12. The van der Waals surface area contributed by atoms with Crippen LogP contribution in [0.1, 0.15) is 0 Å². The Hall–Kier alpha value is -1.06. The van der Waals surface area contributed by atoms with Crippen molar-refractivity contribution in [2.75, 3.05) is 31.1 Å². The fourth-order valence-corrected chi connectivity index (χ4v) is 2.84. The average Bonchev–Trinajstić information content (AvgIpc) is 2.40. The first kappa shape index (κ1) is 11.1. The highest BCUT2D eigenvalue weighted by Crippen LogP contribution is 2.28. The van der Waals surface area contributed by atoms with E-state index in [0.29, 0.717) is 0 Å². The number of hydrogen-bond acceptors (Lipinski definition) is 2. The van der Waals surface area contributed by atoms with Gasteiger partial charge in [-0.15, -0.1) is 0 Å². The summed E-state index contributed by atoms with van der Waals surface area (Å²) in [7, 11) is 0. The first-order chi connectivity index (χ1) is 8.34. The maximum Gasteiger partial charge on any atom is 0.0373 e. The molecule has 0 saturated carbocycles. The van der Waals surface area contributed by atoms with E-state index < -0.39 is 0 Å². The molecule has 0 spiro atoms. The Balaban J connectivity index is 2.03. The summed E-state index contributed by atoms with van der Waals surface area (Å²) >= 11 is 3.62. The molecule has 1 fully saturated rings. The average molecular weight is 291 g/mol. The fraction of sp³-hybridized carbons (Fsp3) is 0.286. The lowest BCUT2D eigenvalue weighted by atomic mass is 10.1. The van der Waals surface area contributed by atoms with E-state index in [-0.39, 0.29) is 0 Å². The van der Waals surface area contributed by atoms with E-state index in [1.54, 1.807) is 0 Å². The van der Waals surface area contributed by atoms with Gasteiger partial charge in [0.05, 0.1) is 0 Å². The largest absolute Gasteiger partial charge is 0.369 e. The van der Waals surface area contributed by atoms with E-state index in [4.69, 9.17) is 0 Å². The maximum absolute atomic E-state index is 3.62. The topological polar surface area (TPSA) is 15.3 Å². The molecule has 1 heterocycles. The molecule has 3 rings (SSSR count). The van der Waals surface area contributed by atoms with Crippen LogP contribution < -0.4 is 10.2 Å². The van der Waals surface area contributed by atoms with Crippen LogP contribution >= 0.6 is 15.9 Å². The predicted molar refractivity (Wildman–Crippen MR) is 76.7 cm³/mol. The Morgan fingerprint density at radius 2 is 1.88 bits per heavy atom. The van der Waals surface area contributed by atoms with E-state index in [0.717, 1.165) is 26.2 Å². The summed E-state index contributed by atoms with van der Waals surface area (Å²) in [6.07, 6.45) is 0. The molecular weight excluding hydrogens is 276 g/mol. The standard InChI is InChI=1S/C14H15BrN2/c15-14-3-1-2-11-4-5-12(10-13(11)14)17-8-6-16-7-9-17/h1-5,10,16H,6-9H2. The number of anilines is 1. The molecule has 0 radical (unpaired) electrons. The van der Waals surface area contributed by atoms with Gasteiger partial charge in [-0.3, -0.25) is 0 Å². The number of fused-ring (bicyclic) bond motifs is 1. The molecule has 17 heavy (non-hydrogen) atoms. The Morgan fingerprint density at radius 1 is 1.06 bits per heavy atom. The molecule has 2 nitrogen and oxygen atoms in total. The van der Waals surface area contributed by atoms with Gasteiger partial charge in [-0.1, -0.05) is 34.1 Å². The number of benzene rings is 2. The monoisotopic (exact) mass is 290 g/mol. The predicted octanol–water partition coefficient (Wildman–Crippen LogP) is 3.01. The molecule has 0 unspecified atom stereocenters. The van der Waals surface area contributed by atoms with E-state index in [9.17, 15) is 0 Å². The van der Waals surface area contributed by atoms with Gasteiger partial charge in [0.25, 0.3) is 0 Å². The van der Waals surface area contributed by atoms with Gasteiger partial charge >= 0.3 is 0 Å². The summed E-state index contributed by atoms with van der Waals surface area (Å²) in [6.45, 7) is 4.34. The number of rotatable bonds is 1. The minimum atomic E-state index is 1.08. The molecule has 0 aliphatic carbocycles. The Kier molecular flexibility index (Phi) is 3.04. The van der Waals surface area contributed by atoms with Gasteiger partial charge in [-0.25, -0.2) is 0 Å². The zero-order chi connectivity index (χ0) is 11.7. The highest BCUT2D eigenvalue weighted by Gasteiger charge is 2.10. The zero-order valence-corrected chi connectivity index (χ0v) is 11.2. The van der Waals surface area contributed by atoms with Crippen molar-refractivity contribution in [2.24, 2.45) is 0 Å². The van der Waals surface area contributed by atoms with Gasteiger partial charge in [0.2, 0.25) is 0 Å². The molecule has 3 heteroatoms. The smallest absolute Gasteiger partial charge is 0.0373 e. The molecule has 2 aromatic rings. The Bertz CT molecular complexity index is 533. The molecular formula is C14H15BrN2. The lowest BCUT2D eigenvalue weighted by Gasteiger charge is -2.29. The summed E-state index contributed by atoms with van der Waals surface area (Å²) in [5, 5.41) is 5.97. The molecule has 1 aliphatic rings. The van der Waals surface area contributed by atoms with Crippen molar-refractivity contribution in [3.8, 4) is 0 Å². The number of nitrogens with one attached hydrogen (secondary N) is 1. The highest BCUT2D eigenvalue weighted by molar-refractivity contribution is 9.10. The summed E-state index contributed by atoms with van der Waals surface area (Å²) in [6, 6.07) is 13.0. The van der Waals surface area contributed by atoms with Crippen LogP contribution in [0.4, 0.5) is 5.69 Å². The normalized spacial score (nSPS) is 16.4. The van der Waals surface area contributed by atoms with Crippen molar-refractivity contribution in [1.29, 1.82) is 0 Å². The third kappa shape index (κ3) is 2.17. The summed E-state index contributed by atoms with van der Waals surface area (Å²) < 4.78 is 1.17. The van der Waals surface area contributed by atoms with Gasteiger partial charge in [-0.2, -0.15) is 0 Å². The third-order valence-corrected chi connectivity index (χ3v) is 3.99. The first-order valence-corrected chi connectivity index (χ1v) is 6.78. The van der Waals surface area contributed by atoms with E-state index in [1.165, 1.54) is 20.9 Å². The van der Waals surface area contributed by atoms with E-state index >= 15 is 0 Å². The van der Waals surface area contributed by atoms with Crippen LogP contribution in [0, 0.1) is 0 Å². The van der Waals surface area contributed by atoms with Crippen LogP contribution in [0.25, 0.3) is 10.8 Å². The van der Waals surface area contributed by atoms with Gasteiger partial charge in [0.1, 0.15) is 0 Å². The summed E-state index contributed by atoms with van der Waals surface area (Å²) in [5.74, 6) is 0. The van der Waals surface area contributed by atoms with Crippen molar-refractivity contribution < 1.29 is 0 Å². The van der Waals surface area contributed by atoms with Gasteiger partial charge in [0, 0.05) is 36.3 Å². The van der Waals surface area contributed by atoms with Crippen molar-refractivity contribution in [1.82, 2.24) is 5.32 Å². The molecule has 0 amide bonds. The van der Waals surface area contributed by atoms with Gasteiger partial charge in [0.15, 0.2) is 0 Å². The quantitative estimate of drug-likeness (QED) is 0.869. The van der Waals surface area contributed by atoms with Crippen molar-refractivity contribution in [3.05, 3.63) is 40.9 Å². The maximum atomic E-state index is 3.62.